The largest absolute Gasteiger partial charge is 0.482 e. The summed E-state index contributed by atoms with van der Waals surface area (Å²) >= 11 is 0. The third-order valence-electron chi connectivity index (χ3n) is 2.35. The molecule has 0 saturated carbocycles. The number of amides is 1. The predicted molar refractivity (Wildman–Crippen MR) is 74.7 cm³/mol. The van der Waals surface area contributed by atoms with E-state index in [-0.39, 0.29) is 18.9 Å². The van der Waals surface area contributed by atoms with Gasteiger partial charge in [0.05, 0.1) is 6.54 Å². The maximum Gasteiger partial charge on any atom is 0.344 e. The molecule has 1 amide bonds. The number of carbonyl (C=O) groups excluding carboxylic acids is 3. The van der Waals surface area contributed by atoms with Crippen molar-refractivity contribution in [2.24, 2.45) is 0 Å². The van der Waals surface area contributed by atoms with E-state index >= 15 is 0 Å². The number of ketones is 1. The van der Waals surface area contributed by atoms with Crippen LogP contribution in [-0.2, 0) is 14.3 Å². The van der Waals surface area contributed by atoms with E-state index in [1.807, 2.05) is 0 Å². The van der Waals surface area contributed by atoms with Gasteiger partial charge in [-0.25, -0.2) is 4.79 Å². The van der Waals surface area contributed by atoms with E-state index in [1.165, 1.54) is 13.0 Å². The second kappa shape index (κ2) is 8.38. The standard InChI is InChI=1S/C15H15NO5/c1-3-7-16-14(18)9-21-15(19)10-20-13-6-4-5-12(8-13)11(2)17/h1,4-6,8H,7,9-10H2,2H3,(H,16,18). The van der Waals surface area contributed by atoms with Crippen molar-refractivity contribution < 1.29 is 23.9 Å². The van der Waals surface area contributed by atoms with Gasteiger partial charge in [-0.3, -0.25) is 9.59 Å². The van der Waals surface area contributed by atoms with Gasteiger partial charge < -0.3 is 14.8 Å². The molecule has 0 spiro atoms. The van der Waals surface area contributed by atoms with E-state index in [4.69, 9.17) is 11.2 Å². The summed E-state index contributed by atoms with van der Waals surface area (Å²) in [4.78, 5) is 33.7. The monoisotopic (exact) mass is 289 g/mol. The van der Waals surface area contributed by atoms with Crippen molar-refractivity contribution in [1.82, 2.24) is 5.32 Å². The molecular weight excluding hydrogens is 274 g/mol. The molecule has 1 aromatic carbocycles. The highest BCUT2D eigenvalue weighted by atomic mass is 16.6. The lowest BCUT2D eigenvalue weighted by Crippen LogP contribution is -2.30. The van der Waals surface area contributed by atoms with Crippen LogP contribution < -0.4 is 10.1 Å². The minimum atomic E-state index is -0.695. The Balaban J connectivity index is 2.36. The lowest BCUT2D eigenvalue weighted by Gasteiger charge is -2.07. The molecule has 0 unspecified atom stereocenters. The van der Waals surface area contributed by atoms with Gasteiger partial charge in [-0.1, -0.05) is 18.1 Å². The van der Waals surface area contributed by atoms with Gasteiger partial charge in [-0.2, -0.15) is 0 Å². The molecule has 6 nitrogen and oxygen atoms in total. The van der Waals surface area contributed by atoms with Gasteiger partial charge in [-0.05, 0) is 19.1 Å². The van der Waals surface area contributed by atoms with Gasteiger partial charge in [-0.15, -0.1) is 6.42 Å². The molecule has 6 heteroatoms. The Labute approximate surface area is 122 Å². The summed E-state index contributed by atoms with van der Waals surface area (Å²) in [6.45, 7) is 0.730. The zero-order chi connectivity index (χ0) is 15.7. The molecule has 0 heterocycles. The van der Waals surface area contributed by atoms with Crippen LogP contribution in [0.3, 0.4) is 0 Å². The summed E-state index contributed by atoms with van der Waals surface area (Å²) in [5.74, 6) is 1.31. The molecular formula is C15H15NO5. The first-order valence-corrected chi connectivity index (χ1v) is 6.12. The number of carbonyl (C=O) groups is 3. The van der Waals surface area contributed by atoms with Crippen molar-refractivity contribution in [3.8, 4) is 18.1 Å². The predicted octanol–water partition coefficient (Wildman–Crippen LogP) is 0.561. The molecule has 0 atom stereocenters. The molecule has 110 valence electrons. The van der Waals surface area contributed by atoms with Crippen LogP contribution in [0.4, 0.5) is 0 Å². The van der Waals surface area contributed by atoms with Gasteiger partial charge >= 0.3 is 5.97 Å². The Morgan fingerprint density at radius 2 is 2.05 bits per heavy atom. The lowest BCUT2D eigenvalue weighted by molar-refractivity contribution is -0.150. The van der Waals surface area contributed by atoms with Crippen LogP contribution in [0.15, 0.2) is 24.3 Å². The average molecular weight is 289 g/mol. The smallest absolute Gasteiger partial charge is 0.344 e. The maximum absolute atomic E-state index is 11.4. The van der Waals surface area contributed by atoms with E-state index in [0.29, 0.717) is 11.3 Å². The number of rotatable bonds is 7. The van der Waals surface area contributed by atoms with Crippen LogP contribution >= 0.6 is 0 Å². The van der Waals surface area contributed by atoms with E-state index in [1.54, 1.807) is 18.2 Å². The molecule has 21 heavy (non-hydrogen) atoms. The second-order valence-electron chi connectivity index (χ2n) is 4.01. The van der Waals surface area contributed by atoms with Gasteiger partial charge in [0.1, 0.15) is 5.75 Å². The first kappa shape index (κ1) is 16.2. The van der Waals surface area contributed by atoms with Crippen LogP contribution in [0.2, 0.25) is 0 Å². The zero-order valence-electron chi connectivity index (χ0n) is 11.5. The van der Waals surface area contributed by atoms with Crippen LogP contribution in [0.5, 0.6) is 5.75 Å². The third-order valence-corrected chi connectivity index (χ3v) is 2.35. The highest BCUT2D eigenvalue weighted by Gasteiger charge is 2.08. The number of esters is 1. The highest BCUT2D eigenvalue weighted by Crippen LogP contribution is 2.13. The molecule has 0 radical (unpaired) electrons. The van der Waals surface area contributed by atoms with Crippen molar-refractivity contribution in [3.63, 3.8) is 0 Å². The van der Waals surface area contributed by atoms with Crippen molar-refractivity contribution in [1.29, 1.82) is 0 Å². The Morgan fingerprint density at radius 3 is 2.71 bits per heavy atom. The van der Waals surface area contributed by atoms with Crippen LogP contribution in [0.25, 0.3) is 0 Å². The third kappa shape index (κ3) is 6.25. The molecule has 1 aromatic rings. The fourth-order valence-corrected chi connectivity index (χ4v) is 1.34. The van der Waals surface area contributed by atoms with E-state index in [0.717, 1.165) is 0 Å². The van der Waals surface area contributed by atoms with E-state index in [9.17, 15) is 14.4 Å². The topological polar surface area (TPSA) is 81.7 Å². The number of hydrogen-bond donors (Lipinski definition) is 1. The van der Waals surface area contributed by atoms with Crippen LogP contribution in [0, 0.1) is 12.3 Å². The summed E-state index contributed by atoms with van der Waals surface area (Å²) in [5, 5.41) is 2.35. The number of nitrogens with one attached hydrogen (secondary N) is 1. The first-order chi connectivity index (χ1) is 10.0. The Bertz CT molecular complexity index is 574. The zero-order valence-corrected chi connectivity index (χ0v) is 11.5. The van der Waals surface area contributed by atoms with Crippen LogP contribution in [0.1, 0.15) is 17.3 Å². The first-order valence-electron chi connectivity index (χ1n) is 6.12. The van der Waals surface area contributed by atoms with Gasteiger partial charge in [0.2, 0.25) is 0 Å². The molecule has 0 aliphatic heterocycles. The molecule has 0 fully saturated rings. The van der Waals surface area contributed by atoms with Crippen molar-refractivity contribution in [3.05, 3.63) is 29.8 Å². The lowest BCUT2D eigenvalue weighted by atomic mass is 10.1. The van der Waals surface area contributed by atoms with Crippen molar-refractivity contribution >= 4 is 17.7 Å². The minimum absolute atomic E-state index is 0.0741. The van der Waals surface area contributed by atoms with Gasteiger partial charge in [0, 0.05) is 5.56 Å². The molecule has 1 N–H and O–H groups in total. The summed E-state index contributed by atoms with van der Waals surface area (Å²) in [6, 6.07) is 6.42. The second-order valence-corrected chi connectivity index (χ2v) is 4.01. The summed E-state index contributed by atoms with van der Waals surface area (Å²) in [7, 11) is 0. The SMILES string of the molecule is C#CCNC(=O)COC(=O)COc1cccc(C(C)=O)c1. The fourth-order valence-electron chi connectivity index (χ4n) is 1.34. The normalized spacial score (nSPS) is 9.33. The van der Waals surface area contributed by atoms with Crippen molar-refractivity contribution in [2.75, 3.05) is 19.8 Å². The summed E-state index contributed by atoms with van der Waals surface area (Å²) < 4.78 is 9.87. The number of terminal acetylenes is 1. The van der Waals surface area contributed by atoms with Gasteiger partial charge in [0.25, 0.3) is 5.91 Å². The summed E-state index contributed by atoms with van der Waals surface area (Å²) in [5.41, 5.74) is 0.481. The molecule has 0 aromatic heterocycles. The van der Waals surface area contributed by atoms with Crippen LogP contribution in [-0.4, -0.2) is 37.4 Å². The van der Waals surface area contributed by atoms with E-state index < -0.39 is 18.5 Å². The number of benzene rings is 1. The Morgan fingerprint density at radius 1 is 1.29 bits per heavy atom. The average Bonchev–Trinajstić information content (AvgIpc) is 2.49. The molecule has 1 rings (SSSR count). The maximum atomic E-state index is 11.4. The molecule has 0 aliphatic rings. The molecule has 0 aliphatic carbocycles. The number of Topliss-reactive ketones (excluding diaryl/α,β-unsaturated/α-hetero) is 1. The van der Waals surface area contributed by atoms with Crippen molar-refractivity contribution in [2.45, 2.75) is 6.92 Å². The van der Waals surface area contributed by atoms with E-state index in [2.05, 4.69) is 16.0 Å². The summed E-state index contributed by atoms with van der Waals surface area (Å²) in [6.07, 6.45) is 4.96. The molecule has 0 bridgehead atoms. The number of hydrogen-bond acceptors (Lipinski definition) is 5. The highest BCUT2D eigenvalue weighted by molar-refractivity contribution is 5.94. The quantitative estimate of drug-likeness (QED) is 0.450. The Hall–Kier alpha value is -2.81. The fraction of sp³-hybridized carbons (Fsp3) is 0.267. The molecule has 0 saturated heterocycles. The number of ether oxygens (including phenoxy) is 2. The Kier molecular flexibility index (Phi) is 6.48. The minimum Gasteiger partial charge on any atom is -0.482 e. The van der Waals surface area contributed by atoms with Gasteiger partial charge in [0.15, 0.2) is 19.0 Å².